The largest absolute Gasteiger partial charge is 1.00 e. The minimum absolute atomic E-state index is 0. The van der Waals surface area contributed by atoms with Crippen LogP contribution >= 0.6 is 0 Å². The Morgan fingerprint density at radius 1 is 1.33 bits per heavy atom. The SMILES string of the molecule is [CH2-]C/C=C\CCCC.[Li+]. The molecule has 0 spiro atoms. The topological polar surface area (TPSA) is 0 Å². The van der Waals surface area contributed by atoms with Gasteiger partial charge in [0.1, 0.15) is 0 Å². The van der Waals surface area contributed by atoms with Crippen LogP contribution in [0.4, 0.5) is 0 Å². The van der Waals surface area contributed by atoms with Gasteiger partial charge in [-0.25, -0.2) is 0 Å². The molecule has 0 unspecified atom stereocenters. The molecule has 0 radical (unpaired) electrons. The standard InChI is InChI=1S/C8H15.Li/c1-3-5-7-8-6-4-2;/h5,7H,1,3-4,6,8H2,2H3;/q-1;+1/b7-5-;. The van der Waals surface area contributed by atoms with Gasteiger partial charge in [0.2, 0.25) is 0 Å². The van der Waals surface area contributed by atoms with Crippen LogP contribution in [0.1, 0.15) is 32.6 Å². The fourth-order valence-electron chi connectivity index (χ4n) is 0.558. The van der Waals surface area contributed by atoms with Gasteiger partial charge in [-0.1, -0.05) is 25.8 Å². The van der Waals surface area contributed by atoms with Crippen LogP contribution in [0.15, 0.2) is 12.2 Å². The van der Waals surface area contributed by atoms with Gasteiger partial charge >= 0.3 is 18.9 Å². The summed E-state index contributed by atoms with van der Waals surface area (Å²) in [5, 5.41) is 0. The van der Waals surface area contributed by atoms with Gasteiger partial charge in [0, 0.05) is 0 Å². The second-order valence-corrected chi connectivity index (χ2v) is 1.90. The van der Waals surface area contributed by atoms with Gasteiger partial charge in [-0.2, -0.15) is 6.42 Å². The average molecular weight is 118 g/mol. The van der Waals surface area contributed by atoms with Crippen molar-refractivity contribution >= 4 is 0 Å². The third kappa shape index (κ3) is 11.8. The molecule has 0 heterocycles. The Morgan fingerprint density at radius 3 is 2.44 bits per heavy atom. The van der Waals surface area contributed by atoms with Crippen molar-refractivity contribution in [2.45, 2.75) is 32.6 Å². The van der Waals surface area contributed by atoms with E-state index in [1.807, 2.05) is 0 Å². The Bertz CT molecular complexity index is 57.6. The first-order valence-electron chi connectivity index (χ1n) is 3.36. The van der Waals surface area contributed by atoms with E-state index in [1.165, 1.54) is 19.3 Å². The van der Waals surface area contributed by atoms with E-state index in [0.29, 0.717) is 0 Å². The zero-order chi connectivity index (χ0) is 6.24. The predicted molar refractivity (Wildman–Crippen MR) is 38.6 cm³/mol. The first-order chi connectivity index (χ1) is 3.91. The summed E-state index contributed by atoms with van der Waals surface area (Å²) in [6.45, 7) is 5.90. The summed E-state index contributed by atoms with van der Waals surface area (Å²) in [6, 6.07) is 0. The summed E-state index contributed by atoms with van der Waals surface area (Å²) < 4.78 is 0. The molecule has 0 N–H and O–H groups in total. The van der Waals surface area contributed by atoms with Crippen LogP contribution in [-0.2, 0) is 0 Å². The van der Waals surface area contributed by atoms with Gasteiger partial charge in [-0.05, 0) is 6.42 Å². The molecule has 0 aliphatic heterocycles. The molecule has 0 bridgehead atoms. The van der Waals surface area contributed by atoms with E-state index >= 15 is 0 Å². The number of allylic oxidation sites excluding steroid dienone is 2. The predicted octanol–water partition coefficient (Wildman–Crippen LogP) is -0.0390. The summed E-state index contributed by atoms with van der Waals surface area (Å²) in [6.07, 6.45) is 9.10. The van der Waals surface area contributed by atoms with E-state index in [2.05, 4.69) is 26.0 Å². The molecule has 0 nitrogen and oxygen atoms in total. The van der Waals surface area contributed by atoms with Gasteiger partial charge in [0.15, 0.2) is 0 Å². The summed E-state index contributed by atoms with van der Waals surface area (Å²) >= 11 is 0. The average Bonchev–Trinajstić information content (AvgIpc) is 1.81. The Morgan fingerprint density at radius 2 is 2.00 bits per heavy atom. The second kappa shape index (κ2) is 11.2. The molecule has 0 saturated carbocycles. The minimum atomic E-state index is 0. The van der Waals surface area contributed by atoms with E-state index in [4.69, 9.17) is 0 Å². The van der Waals surface area contributed by atoms with E-state index in [0.717, 1.165) is 6.42 Å². The van der Waals surface area contributed by atoms with E-state index in [-0.39, 0.29) is 18.9 Å². The van der Waals surface area contributed by atoms with Gasteiger partial charge in [0.25, 0.3) is 0 Å². The molecule has 0 rings (SSSR count). The van der Waals surface area contributed by atoms with E-state index in [9.17, 15) is 0 Å². The number of hydrogen-bond donors (Lipinski definition) is 0. The van der Waals surface area contributed by atoms with Crippen LogP contribution < -0.4 is 18.9 Å². The maximum absolute atomic E-state index is 3.70. The molecule has 0 aliphatic carbocycles. The molecule has 1 heteroatoms. The molecule has 0 saturated heterocycles. The smallest absolute Gasteiger partial charge is 0.340 e. The Labute approximate surface area is 70.9 Å². The molecular weight excluding hydrogens is 103 g/mol. The Balaban J connectivity index is 0. The van der Waals surface area contributed by atoms with E-state index in [1.54, 1.807) is 0 Å². The van der Waals surface area contributed by atoms with Crippen molar-refractivity contribution in [3.8, 4) is 0 Å². The quantitative estimate of drug-likeness (QED) is 0.210. The van der Waals surface area contributed by atoms with Crippen molar-refractivity contribution in [3.63, 3.8) is 0 Å². The van der Waals surface area contributed by atoms with Gasteiger partial charge in [-0.15, -0.1) is 6.08 Å². The molecule has 0 atom stereocenters. The third-order valence-electron chi connectivity index (χ3n) is 1.06. The number of hydrogen-bond acceptors (Lipinski definition) is 0. The van der Waals surface area contributed by atoms with Crippen molar-refractivity contribution in [1.29, 1.82) is 0 Å². The second-order valence-electron chi connectivity index (χ2n) is 1.90. The summed E-state index contributed by atoms with van der Waals surface area (Å²) in [5.74, 6) is 0. The molecule has 0 aromatic rings. The number of unbranched alkanes of at least 4 members (excludes halogenated alkanes) is 2. The van der Waals surface area contributed by atoms with Crippen molar-refractivity contribution in [3.05, 3.63) is 19.1 Å². The molecule has 9 heavy (non-hydrogen) atoms. The maximum Gasteiger partial charge on any atom is 1.00 e. The third-order valence-corrected chi connectivity index (χ3v) is 1.06. The monoisotopic (exact) mass is 118 g/mol. The first kappa shape index (κ1) is 12.1. The van der Waals surface area contributed by atoms with Crippen LogP contribution in [-0.4, -0.2) is 0 Å². The Hall–Kier alpha value is 0.337. The first-order valence-corrected chi connectivity index (χ1v) is 3.36. The molecule has 0 aromatic carbocycles. The van der Waals surface area contributed by atoms with Crippen LogP contribution in [0.5, 0.6) is 0 Å². The number of rotatable bonds is 4. The van der Waals surface area contributed by atoms with Gasteiger partial charge < -0.3 is 6.92 Å². The normalized spacial score (nSPS) is 9.56. The van der Waals surface area contributed by atoms with Gasteiger partial charge in [-0.3, -0.25) is 0 Å². The maximum atomic E-state index is 3.70. The van der Waals surface area contributed by atoms with Crippen LogP contribution in [0, 0.1) is 6.92 Å². The zero-order valence-electron chi connectivity index (χ0n) is 6.69. The molecule has 0 aromatic heterocycles. The zero-order valence-corrected chi connectivity index (χ0v) is 6.69. The van der Waals surface area contributed by atoms with Crippen LogP contribution in [0.3, 0.4) is 0 Å². The molecule has 0 fully saturated rings. The molecule has 48 valence electrons. The van der Waals surface area contributed by atoms with E-state index < -0.39 is 0 Å². The fraction of sp³-hybridized carbons (Fsp3) is 0.625. The summed E-state index contributed by atoms with van der Waals surface area (Å²) in [5.41, 5.74) is 0. The van der Waals surface area contributed by atoms with Crippen molar-refractivity contribution < 1.29 is 18.9 Å². The molecular formula is C8H15Li. The van der Waals surface area contributed by atoms with Crippen LogP contribution in [0.2, 0.25) is 0 Å². The summed E-state index contributed by atoms with van der Waals surface area (Å²) in [4.78, 5) is 0. The van der Waals surface area contributed by atoms with Crippen molar-refractivity contribution in [2.75, 3.05) is 0 Å². The van der Waals surface area contributed by atoms with Crippen molar-refractivity contribution in [2.24, 2.45) is 0 Å². The summed E-state index contributed by atoms with van der Waals surface area (Å²) in [7, 11) is 0. The molecule has 0 aliphatic rings. The van der Waals surface area contributed by atoms with Gasteiger partial charge in [0.05, 0.1) is 0 Å². The fourth-order valence-corrected chi connectivity index (χ4v) is 0.558. The van der Waals surface area contributed by atoms with Crippen molar-refractivity contribution in [1.82, 2.24) is 0 Å². The minimum Gasteiger partial charge on any atom is -0.340 e. The van der Waals surface area contributed by atoms with Crippen LogP contribution in [0.25, 0.3) is 0 Å². The Kier molecular flexibility index (Phi) is 15.0. The molecule has 0 amide bonds.